The minimum Gasteiger partial charge on any atom is -0.443 e. The van der Waals surface area contributed by atoms with Gasteiger partial charge in [-0.3, -0.25) is 43.2 Å². The lowest BCUT2D eigenvalue weighted by atomic mass is 10.1. The number of rotatable bonds is 21. The number of amides is 15. The highest BCUT2D eigenvalue weighted by Crippen LogP contribution is 2.31. The summed E-state index contributed by atoms with van der Waals surface area (Å²) >= 11 is 0. The summed E-state index contributed by atoms with van der Waals surface area (Å²) in [4.78, 5) is 217. The molecular weight excluding hydrogens is 1630 g/mol. The summed E-state index contributed by atoms with van der Waals surface area (Å²) in [5.41, 5.74) is 15.1. The first-order valence-electron chi connectivity index (χ1n) is 39.4. The van der Waals surface area contributed by atoms with Crippen LogP contribution in [0.4, 0.5) is 62.9 Å². The van der Waals surface area contributed by atoms with E-state index in [1.165, 1.54) is 57.2 Å². The molecule has 0 unspecified atom stereocenters. The van der Waals surface area contributed by atoms with Gasteiger partial charge in [0.05, 0.1) is 34.1 Å². The molecule has 654 valence electrons. The van der Waals surface area contributed by atoms with Crippen molar-refractivity contribution in [3.8, 4) is 0 Å². The van der Waals surface area contributed by atoms with Crippen LogP contribution in [0.5, 0.6) is 0 Å². The highest BCUT2D eigenvalue weighted by atomic mass is 16.6. The lowest BCUT2D eigenvalue weighted by Gasteiger charge is -2.33. The van der Waals surface area contributed by atoms with Gasteiger partial charge in [-0.15, -0.1) is 0 Å². The van der Waals surface area contributed by atoms with E-state index in [1.54, 1.807) is 182 Å². The van der Waals surface area contributed by atoms with E-state index in [2.05, 4.69) is 37.9 Å². The lowest BCUT2D eigenvalue weighted by molar-refractivity contribution is -0.118. The first-order valence-corrected chi connectivity index (χ1v) is 39.4. The number of carbonyl (C=O) groups is 15. The zero-order valence-corrected chi connectivity index (χ0v) is 69.5. The van der Waals surface area contributed by atoms with E-state index in [0.29, 0.717) is 43.4 Å². The lowest BCUT2D eigenvalue weighted by Crippen LogP contribution is -2.49. The van der Waals surface area contributed by atoms with Crippen molar-refractivity contribution < 1.29 is 100 Å². The molecular formula is C89H92N16O21. The Balaban J connectivity index is 1.07. The van der Waals surface area contributed by atoms with Crippen molar-refractivity contribution in [2.24, 2.45) is 0 Å². The van der Waals surface area contributed by atoms with Crippen LogP contribution in [0.3, 0.4) is 0 Å². The molecule has 0 atom stereocenters. The van der Waals surface area contributed by atoms with Crippen LogP contribution in [-0.2, 0) is 96.8 Å². The highest BCUT2D eigenvalue weighted by Gasteiger charge is 2.33. The van der Waals surface area contributed by atoms with E-state index in [0.717, 1.165) is 73.7 Å². The van der Waals surface area contributed by atoms with Gasteiger partial charge in [0.25, 0.3) is 17.7 Å². The Morgan fingerprint density at radius 3 is 0.563 bits per heavy atom. The molecule has 10 rings (SSSR count). The third kappa shape index (κ3) is 27.4. The van der Waals surface area contributed by atoms with Crippen LogP contribution < -0.4 is 67.9 Å². The summed E-state index contributed by atoms with van der Waals surface area (Å²) in [7, 11) is 0. The van der Waals surface area contributed by atoms with Crippen LogP contribution in [0, 0.1) is 0 Å². The fraction of sp³-hybridized carbons (Fsp3) is 0.225. The summed E-state index contributed by atoms with van der Waals surface area (Å²) in [6.45, 7) is 2.21. The summed E-state index contributed by atoms with van der Waals surface area (Å²) in [5.74, 6) is -7.89. The molecule has 0 aromatic heterocycles. The molecule has 0 aliphatic carbocycles. The zero-order valence-electron chi connectivity index (χ0n) is 69.5. The molecule has 0 saturated carbocycles. The van der Waals surface area contributed by atoms with Crippen LogP contribution in [0.1, 0.15) is 106 Å². The summed E-state index contributed by atoms with van der Waals surface area (Å²) in [6.07, 6.45) is -6.88. The predicted molar refractivity (Wildman–Crippen MR) is 457 cm³/mol. The number of ether oxygens (including phenoxy) is 6. The number of benzene rings is 9. The van der Waals surface area contributed by atoms with Gasteiger partial charge in [-0.25, -0.2) is 91.4 Å². The second kappa shape index (κ2) is 45.4. The van der Waals surface area contributed by atoms with Crippen molar-refractivity contribution in [3.05, 3.63) is 287 Å². The van der Waals surface area contributed by atoms with Gasteiger partial charge in [-0.05, 0) is 88.0 Å². The van der Waals surface area contributed by atoms with E-state index >= 15 is 14.4 Å². The first-order chi connectivity index (χ1) is 60.6. The number of hydrazine groups is 6. The topological polar surface area (TPSA) is 425 Å². The second-order valence-corrected chi connectivity index (χ2v) is 28.0. The fourth-order valence-electron chi connectivity index (χ4n) is 12.5. The number of nitrogens with zero attached hydrogens (tertiary/aromatic N) is 9. The van der Waals surface area contributed by atoms with Gasteiger partial charge >= 0.3 is 36.6 Å². The molecule has 1 saturated heterocycles. The average Bonchev–Trinajstić information content (AvgIpc) is 0.803. The fourth-order valence-corrected chi connectivity index (χ4v) is 12.5. The third-order valence-corrected chi connectivity index (χ3v) is 18.6. The van der Waals surface area contributed by atoms with Gasteiger partial charge in [0.2, 0.25) is 35.4 Å². The SMILES string of the molecule is CC(=O)N(NC(=O)OCc1ccccc1)c1cc(C(=O)N2CCNCCN(C(=O)c3cc(N(NC(=O)OCc4ccccc4)C(C)=O)cc(N(NC(=O)OCc4ccccc4)C(C)=O)c3)CCN(C(=O)c3cc(N(NC(=O)OCc4ccccc4)C(C)=O)cc(N(NC(=O)OCc4ccccc4)C(C)=O)c3)CC2)cc(N(NC(=O)OCc2ccccc2)C(C)=O)c1. The number of nitrogens with one attached hydrogen (secondary N) is 7. The van der Waals surface area contributed by atoms with Gasteiger partial charge in [0.1, 0.15) is 39.6 Å². The Morgan fingerprint density at radius 1 is 0.246 bits per heavy atom. The Morgan fingerprint density at radius 2 is 0.405 bits per heavy atom. The number of hydrogen-bond acceptors (Lipinski definition) is 22. The summed E-state index contributed by atoms with van der Waals surface area (Å²) < 4.78 is 33.0. The largest absolute Gasteiger partial charge is 0.443 e. The van der Waals surface area contributed by atoms with Crippen molar-refractivity contribution in [1.82, 2.24) is 52.6 Å². The van der Waals surface area contributed by atoms with Crippen molar-refractivity contribution in [2.45, 2.75) is 81.2 Å². The molecule has 37 nitrogen and oxygen atoms in total. The molecule has 7 N–H and O–H groups in total. The normalized spacial score (nSPS) is 11.9. The minimum absolute atomic E-state index is 0.107. The van der Waals surface area contributed by atoms with E-state index in [4.69, 9.17) is 28.4 Å². The third-order valence-electron chi connectivity index (χ3n) is 18.6. The van der Waals surface area contributed by atoms with Gasteiger partial charge in [-0.2, -0.15) is 0 Å². The van der Waals surface area contributed by atoms with Crippen LogP contribution in [0.25, 0.3) is 0 Å². The maximum atomic E-state index is 16.3. The van der Waals surface area contributed by atoms with Crippen LogP contribution in [0.15, 0.2) is 237 Å². The minimum atomic E-state index is -1.17. The molecule has 0 bridgehead atoms. The molecule has 37 heteroatoms. The Hall–Kier alpha value is -16.2. The molecule has 0 radical (unpaired) electrons. The molecule has 1 aliphatic rings. The van der Waals surface area contributed by atoms with Crippen molar-refractivity contribution in [1.29, 1.82) is 0 Å². The van der Waals surface area contributed by atoms with Crippen LogP contribution >= 0.6 is 0 Å². The van der Waals surface area contributed by atoms with E-state index < -0.39 is 121 Å². The first kappa shape index (κ1) is 92.1. The standard InChI is InChI=1S/C89H92N16O21/c1-60(106)100(91-84(115)121-54-66-25-13-7-14-26-66)75-45-72(46-76(51-75)101(61(2)107)92-85(116)122-55-67-27-15-8-16-28-67)81(112)97-39-37-90-38-40-98(82(113)73-47-77(102(62(3)108)93-86(117)123-56-68-29-17-9-18-30-68)52-78(48-73)103(63(4)109)94-87(118)124-57-69-31-19-10-20-32-69)42-44-99(43-41-97)83(114)74-49-79(104(64(5)110)95-88(119)125-58-70-33-21-11-22-34-70)53-80(50-74)105(65(6)111)96-89(120)126-59-71-35-23-12-24-36-71/h7-36,45-53,90H,37-44,54-59H2,1-6H3,(H,91,115)(H,92,116)(H,93,117)(H,94,118)(H,95,119)(H,96,120). The molecule has 1 heterocycles. The highest BCUT2D eigenvalue weighted by molar-refractivity contribution is 6.06. The van der Waals surface area contributed by atoms with Gasteiger partial charge in [0.15, 0.2) is 0 Å². The molecule has 9 aromatic carbocycles. The maximum Gasteiger partial charge on any atom is 0.426 e. The van der Waals surface area contributed by atoms with Gasteiger partial charge in [-0.1, -0.05) is 182 Å². The Kier molecular flexibility index (Phi) is 33.2. The van der Waals surface area contributed by atoms with Crippen molar-refractivity contribution >= 4 is 124 Å². The molecule has 0 spiro atoms. The van der Waals surface area contributed by atoms with Crippen LogP contribution in [0.2, 0.25) is 0 Å². The summed E-state index contributed by atoms with van der Waals surface area (Å²) in [6, 6.07) is 62.0. The molecule has 126 heavy (non-hydrogen) atoms. The molecule has 1 fully saturated rings. The van der Waals surface area contributed by atoms with Crippen molar-refractivity contribution in [3.63, 3.8) is 0 Å². The predicted octanol–water partition coefficient (Wildman–Crippen LogP) is 10.2. The average molecular weight is 1720 g/mol. The Bertz CT molecular complexity index is 4890. The van der Waals surface area contributed by atoms with E-state index in [1.807, 2.05) is 0 Å². The Labute approximate surface area is 723 Å². The monoisotopic (exact) mass is 1720 g/mol. The van der Waals surface area contributed by atoms with Gasteiger partial charge < -0.3 is 48.4 Å². The van der Waals surface area contributed by atoms with Gasteiger partial charge in [0, 0.05) is 111 Å². The van der Waals surface area contributed by atoms with Crippen molar-refractivity contribution in [2.75, 3.05) is 82.4 Å². The number of carbonyl (C=O) groups excluding carboxylic acids is 15. The number of hydrogen-bond donors (Lipinski definition) is 7. The second-order valence-electron chi connectivity index (χ2n) is 28.0. The van der Waals surface area contributed by atoms with Crippen LogP contribution in [-0.4, -0.2) is 157 Å². The quantitative estimate of drug-likeness (QED) is 0.0260. The summed E-state index contributed by atoms with van der Waals surface area (Å²) in [5, 5.41) is 7.58. The van der Waals surface area contributed by atoms with E-state index in [9.17, 15) is 57.5 Å². The molecule has 9 aromatic rings. The zero-order chi connectivity index (χ0) is 90.2. The smallest absolute Gasteiger partial charge is 0.426 e. The molecule has 15 amide bonds. The maximum absolute atomic E-state index is 16.3. The van der Waals surface area contributed by atoms with E-state index in [-0.39, 0.29) is 111 Å². The molecule has 1 aliphatic heterocycles. The number of anilines is 6.